The number of oxazole rings is 1. The van der Waals surface area contributed by atoms with E-state index in [1.807, 2.05) is 4.90 Å². The Balaban J connectivity index is 1.40. The fraction of sp³-hybridized carbons (Fsp3) is 0.333. The van der Waals surface area contributed by atoms with Crippen LogP contribution in [0.2, 0.25) is 0 Å². The summed E-state index contributed by atoms with van der Waals surface area (Å²) in [5, 5.41) is 10.1. The first kappa shape index (κ1) is 18.1. The number of aliphatic hydroxyl groups excluding tert-OH is 1. The minimum atomic E-state index is -0.0956. The van der Waals surface area contributed by atoms with Crippen LogP contribution in [-0.4, -0.2) is 34.0 Å². The molecule has 1 atom stereocenters. The molecule has 2 fully saturated rings. The van der Waals surface area contributed by atoms with Crippen LogP contribution in [0.5, 0.6) is 0 Å². The van der Waals surface area contributed by atoms with Gasteiger partial charge in [-0.2, -0.15) is 0 Å². The molecule has 148 valence electrons. The van der Waals surface area contributed by atoms with E-state index in [0.29, 0.717) is 24.7 Å². The van der Waals surface area contributed by atoms with Gasteiger partial charge in [0.15, 0.2) is 12.1 Å². The number of hydrogen-bond acceptors (Lipinski definition) is 4. The first-order valence-electron chi connectivity index (χ1n) is 10.2. The van der Waals surface area contributed by atoms with Crippen molar-refractivity contribution in [2.45, 2.75) is 37.7 Å². The number of benzene rings is 2. The quantitative estimate of drug-likeness (QED) is 0.706. The number of aromatic nitrogens is 1. The maximum Gasteiger partial charge on any atom is 0.275 e. The van der Waals surface area contributed by atoms with Crippen molar-refractivity contribution in [3.05, 3.63) is 77.5 Å². The molecule has 1 saturated carbocycles. The minimum absolute atomic E-state index is 0.00248. The average molecular weight is 388 g/mol. The second kappa shape index (κ2) is 7.48. The third kappa shape index (κ3) is 3.47. The largest absolute Gasteiger partial charge is 0.451 e. The lowest BCUT2D eigenvalue weighted by Gasteiger charge is -2.18. The molecule has 5 heteroatoms. The molecule has 1 aliphatic carbocycles. The van der Waals surface area contributed by atoms with E-state index in [-0.39, 0.29) is 18.4 Å². The lowest BCUT2D eigenvalue weighted by molar-refractivity contribution is 0.0785. The topological polar surface area (TPSA) is 66.6 Å². The minimum Gasteiger partial charge on any atom is -0.451 e. The number of hydrogen-bond donors (Lipinski definition) is 1. The van der Waals surface area contributed by atoms with Crippen molar-refractivity contribution in [2.75, 3.05) is 13.1 Å². The predicted octanol–water partition coefficient (Wildman–Crippen LogP) is 4.34. The summed E-state index contributed by atoms with van der Waals surface area (Å²) in [5.41, 5.74) is 6.28. The van der Waals surface area contributed by atoms with Crippen molar-refractivity contribution in [2.24, 2.45) is 0 Å². The van der Waals surface area contributed by atoms with Crippen LogP contribution in [0.15, 0.2) is 59.5 Å². The highest BCUT2D eigenvalue weighted by Gasteiger charge is 2.31. The maximum atomic E-state index is 12.5. The third-order valence-corrected chi connectivity index (χ3v) is 6.17. The number of likely N-dealkylation sites (tertiary alicyclic amines) is 1. The van der Waals surface area contributed by atoms with Crippen molar-refractivity contribution in [3.63, 3.8) is 0 Å². The predicted molar refractivity (Wildman–Crippen MR) is 110 cm³/mol. The molecule has 5 nitrogen and oxygen atoms in total. The number of aliphatic hydroxyl groups is 1. The number of carbonyl (C=O) groups excluding carboxylic acids is 1. The van der Waals surface area contributed by atoms with E-state index in [1.165, 1.54) is 36.6 Å². The van der Waals surface area contributed by atoms with Gasteiger partial charge in [-0.1, -0.05) is 36.4 Å². The van der Waals surface area contributed by atoms with Gasteiger partial charge >= 0.3 is 0 Å². The van der Waals surface area contributed by atoms with Gasteiger partial charge < -0.3 is 14.4 Å². The summed E-state index contributed by atoms with van der Waals surface area (Å²) in [4.78, 5) is 18.3. The van der Waals surface area contributed by atoms with E-state index in [9.17, 15) is 9.90 Å². The zero-order valence-electron chi connectivity index (χ0n) is 16.3. The van der Waals surface area contributed by atoms with E-state index in [1.54, 1.807) is 0 Å². The second-order valence-electron chi connectivity index (χ2n) is 8.04. The number of carbonyl (C=O) groups is 1. The van der Waals surface area contributed by atoms with E-state index in [0.717, 1.165) is 23.1 Å². The third-order valence-electron chi connectivity index (χ3n) is 6.17. The lowest BCUT2D eigenvalue weighted by Crippen LogP contribution is -2.28. The number of rotatable bonds is 5. The van der Waals surface area contributed by atoms with Gasteiger partial charge in [-0.15, -0.1) is 0 Å². The summed E-state index contributed by atoms with van der Waals surface area (Å²) in [6.07, 6.45) is 6.08. The average Bonchev–Trinajstić information content (AvgIpc) is 3.26. The highest BCUT2D eigenvalue weighted by atomic mass is 16.3. The Kier molecular flexibility index (Phi) is 4.68. The smallest absolute Gasteiger partial charge is 0.275 e. The summed E-state index contributed by atoms with van der Waals surface area (Å²) >= 11 is 0. The van der Waals surface area contributed by atoms with E-state index in [4.69, 9.17) is 4.42 Å². The fourth-order valence-corrected chi connectivity index (χ4v) is 4.50. The first-order chi connectivity index (χ1) is 14.2. The zero-order chi connectivity index (χ0) is 19.8. The van der Waals surface area contributed by atoms with Crippen LogP contribution in [0, 0.1) is 0 Å². The molecular weight excluding hydrogens is 364 g/mol. The van der Waals surface area contributed by atoms with E-state index in [2.05, 4.69) is 47.4 Å². The van der Waals surface area contributed by atoms with Crippen molar-refractivity contribution < 1.29 is 14.3 Å². The van der Waals surface area contributed by atoms with Crippen molar-refractivity contribution in [1.82, 2.24) is 9.88 Å². The Morgan fingerprint density at radius 2 is 1.97 bits per heavy atom. The Bertz CT molecular complexity index is 1020. The molecular formula is C24H24N2O3. The van der Waals surface area contributed by atoms with Crippen LogP contribution in [0.3, 0.4) is 0 Å². The molecule has 3 aromatic rings. The summed E-state index contributed by atoms with van der Waals surface area (Å²) in [5.74, 6) is 0.803. The van der Waals surface area contributed by atoms with Crippen LogP contribution in [0.25, 0.3) is 11.1 Å². The lowest BCUT2D eigenvalue weighted by atomic mass is 9.89. The molecule has 1 aliphatic heterocycles. The molecule has 29 heavy (non-hydrogen) atoms. The highest BCUT2D eigenvalue weighted by molar-refractivity contribution is 5.92. The molecule has 5 rings (SSSR count). The molecule has 1 N–H and O–H groups in total. The van der Waals surface area contributed by atoms with Gasteiger partial charge in [-0.05, 0) is 59.1 Å². The molecule has 0 radical (unpaired) electrons. The van der Waals surface area contributed by atoms with Gasteiger partial charge in [0.25, 0.3) is 5.91 Å². The van der Waals surface area contributed by atoms with E-state index >= 15 is 0 Å². The van der Waals surface area contributed by atoms with Gasteiger partial charge in [0.1, 0.15) is 6.26 Å². The summed E-state index contributed by atoms with van der Waals surface area (Å²) in [6, 6.07) is 15.0. The summed E-state index contributed by atoms with van der Waals surface area (Å²) < 4.78 is 4.94. The van der Waals surface area contributed by atoms with Crippen LogP contribution >= 0.6 is 0 Å². The van der Waals surface area contributed by atoms with Crippen LogP contribution in [-0.2, 0) is 6.61 Å². The van der Waals surface area contributed by atoms with Crippen molar-refractivity contribution >= 4 is 5.91 Å². The SMILES string of the molecule is O=C(c1cocn1)N1CCC(c2ccc(-c3ccccc3C3CC3)cc2CO)C1. The molecule has 1 unspecified atom stereocenters. The molecule has 1 amide bonds. The summed E-state index contributed by atoms with van der Waals surface area (Å²) in [6.45, 7) is 1.33. The first-order valence-corrected chi connectivity index (χ1v) is 10.2. The molecule has 2 aromatic carbocycles. The monoisotopic (exact) mass is 388 g/mol. The van der Waals surface area contributed by atoms with Crippen molar-refractivity contribution in [1.29, 1.82) is 0 Å². The van der Waals surface area contributed by atoms with Gasteiger partial charge in [-0.25, -0.2) is 4.98 Å². The van der Waals surface area contributed by atoms with Gasteiger partial charge in [0.2, 0.25) is 0 Å². The Morgan fingerprint density at radius 3 is 2.72 bits per heavy atom. The summed E-state index contributed by atoms with van der Waals surface area (Å²) in [7, 11) is 0. The molecule has 1 aromatic heterocycles. The zero-order valence-corrected chi connectivity index (χ0v) is 16.3. The van der Waals surface area contributed by atoms with Crippen LogP contribution < -0.4 is 0 Å². The number of nitrogens with zero attached hydrogens (tertiary/aromatic N) is 2. The molecule has 2 aliphatic rings. The van der Waals surface area contributed by atoms with Crippen LogP contribution in [0.1, 0.15) is 58.3 Å². The second-order valence-corrected chi connectivity index (χ2v) is 8.04. The van der Waals surface area contributed by atoms with Gasteiger partial charge in [0.05, 0.1) is 6.61 Å². The standard InChI is InChI=1S/C24H24N2O3/c27-13-19-11-17(22-4-2-1-3-21(22)16-5-6-16)7-8-20(19)18-9-10-26(12-18)24(28)23-14-29-15-25-23/h1-4,7-8,11,14-16,18,27H,5-6,9-10,12-13H2. The molecule has 0 spiro atoms. The Labute approximate surface area is 170 Å². The van der Waals surface area contributed by atoms with Crippen LogP contribution in [0.4, 0.5) is 0 Å². The normalized spacial score (nSPS) is 18.9. The van der Waals surface area contributed by atoms with Gasteiger partial charge in [-0.3, -0.25) is 4.79 Å². The van der Waals surface area contributed by atoms with Gasteiger partial charge in [0, 0.05) is 19.0 Å². The Morgan fingerprint density at radius 1 is 1.10 bits per heavy atom. The highest BCUT2D eigenvalue weighted by Crippen LogP contribution is 2.44. The Hall–Kier alpha value is -2.92. The van der Waals surface area contributed by atoms with Crippen molar-refractivity contribution in [3.8, 4) is 11.1 Å². The molecule has 0 bridgehead atoms. The number of amides is 1. The maximum absolute atomic E-state index is 12.5. The fourth-order valence-electron chi connectivity index (χ4n) is 4.50. The van der Waals surface area contributed by atoms with E-state index < -0.39 is 0 Å². The molecule has 1 saturated heterocycles. The molecule has 2 heterocycles.